The van der Waals surface area contributed by atoms with Gasteiger partial charge < -0.3 is 15.0 Å². The predicted molar refractivity (Wildman–Crippen MR) is 78.9 cm³/mol. The lowest BCUT2D eigenvalue weighted by Gasteiger charge is -2.29. The smallest absolute Gasteiger partial charge is 0.329 e. The van der Waals surface area contributed by atoms with E-state index in [-0.39, 0.29) is 30.3 Å². The second kappa shape index (κ2) is 6.76. The lowest BCUT2D eigenvalue weighted by atomic mass is 10.1. The van der Waals surface area contributed by atoms with Crippen molar-refractivity contribution in [3.63, 3.8) is 0 Å². The molecular weight excluding hydrogens is 280 g/mol. The summed E-state index contributed by atoms with van der Waals surface area (Å²) in [5.41, 5.74) is -0.500. The third kappa shape index (κ3) is 4.09. The van der Waals surface area contributed by atoms with Gasteiger partial charge in [-0.25, -0.2) is 4.79 Å². The number of nitrogens with one attached hydrogen (secondary N) is 1. The van der Waals surface area contributed by atoms with Crippen LogP contribution in [-0.2, 0) is 14.3 Å². The van der Waals surface area contributed by atoms with E-state index in [1.165, 1.54) is 0 Å². The molecule has 2 aliphatic heterocycles. The Bertz CT molecular complexity index is 362. The standard InChI is InChI=1S/C14H24N2O3.ClH/c1-14(2,3)19-13(18)11-7-5-9-16(11)12(17)10-6-4-8-15-10;/h10-11,15H,4-9H2,1-3H3;1H/t10?,11-;/m0./s1. The van der Waals surface area contributed by atoms with Crippen molar-refractivity contribution in [1.82, 2.24) is 10.2 Å². The van der Waals surface area contributed by atoms with Gasteiger partial charge in [-0.3, -0.25) is 4.79 Å². The van der Waals surface area contributed by atoms with Crippen molar-refractivity contribution in [3.8, 4) is 0 Å². The summed E-state index contributed by atoms with van der Waals surface area (Å²) in [6, 6.07) is -0.503. The van der Waals surface area contributed by atoms with E-state index < -0.39 is 11.6 Å². The summed E-state index contributed by atoms with van der Waals surface area (Å²) in [5, 5.41) is 3.20. The molecule has 2 aliphatic rings. The van der Waals surface area contributed by atoms with Crippen LogP contribution in [0.4, 0.5) is 0 Å². The van der Waals surface area contributed by atoms with Crippen molar-refractivity contribution >= 4 is 24.3 Å². The fourth-order valence-electron chi connectivity index (χ4n) is 2.74. The van der Waals surface area contributed by atoms with Crippen LogP contribution >= 0.6 is 12.4 Å². The van der Waals surface area contributed by atoms with Crippen molar-refractivity contribution in [1.29, 1.82) is 0 Å². The molecule has 1 N–H and O–H groups in total. The normalized spacial score (nSPS) is 26.2. The van der Waals surface area contributed by atoms with E-state index in [1.54, 1.807) is 4.90 Å². The highest BCUT2D eigenvalue weighted by Crippen LogP contribution is 2.23. The first-order valence-electron chi connectivity index (χ1n) is 7.15. The number of halogens is 1. The second-order valence-corrected chi connectivity index (χ2v) is 6.37. The largest absolute Gasteiger partial charge is 0.458 e. The molecule has 1 unspecified atom stereocenters. The molecule has 0 saturated carbocycles. The van der Waals surface area contributed by atoms with E-state index in [9.17, 15) is 9.59 Å². The Labute approximate surface area is 126 Å². The number of hydrogen-bond donors (Lipinski definition) is 1. The van der Waals surface area contributed by atoms with Crippen molar-refractivity contribution < 1.29 is 14.3 Å². The highest BCUT2D eigenvalue weighted by Gasteiger charge is 2.39. The lowest BCUT2D eigenvalue weighted by molar-refractivity contribution is -0.163. The maximum absolute atomic E-state index is 12.4. The molecule has 5 nitrogen and oxygen atoms in total. The van der Waals surface area contributed by atoms with E-state index in [0.29, 0.717) is 13.0 Å². The highest BCUT2D eigenvalue weighted by molar-refractivity contribution is 5.88. The number of carbonyl (C=O) groups excluding carboxylic acids is 2. The minimum absolute atomic E-state index is 0. The molecule has 0 radical (unpaired) electrons. The zero-order valence-electron chi connectivity index (χ0n) is 12.5. The van der Waals surface area contributed by atoms with Gasteiger partial charge in [0.1, 0.15) is 11.6 Å². The zero-order chi connectivity index (χ0) is 14.0. The molecule has 1 amide bonds. The lowest BCUT2D eigenvalue weighted by Crippen LogP contribution is -2.49. The van der Waals surface area contributed by atoms with Gasteiger partial charge in [-0.1, -0.05) is 0 Å². The molecular formula is C14H25ClN2O3. The predicted octanol–water partition coefficient (Wildman–Crippen LogP) is 1.49. The first-order chi connectivity index (χ1) is 8.88. The van der Waals surface area contributed by atoms with E-state index in [2.05, 4.69) is 5.32 Å². The second-order valence-electron chi connectivity index (χ2n) is 6.37. The zero-order valence-corrected chi connectivity index (χ0v) is 13.3. The average Bonchev–Trinajstić information content (AvgIpc) is 2.97. The van der Waals surface area contributed by atoms with Gasteiger partial charge in [-0.2, -0.15) is 0 Å². The number of nitrogens with zero attached hydrogens (tertiary/aromatic N) is 1. The van der Waals surface area contributed by atoms with Crippen molar-refractivity contribution in [3.05, 3.63) is 0 Å². The number of likely N-dealkylation sites (tertiary alicyclic amines) is 1. The summed E-state index contributed by atoms with van der Waals surface area (Å²) in [6.07, 6.45) is 3.49. The quantitative estimate of drug-likeness (QED) is 0.785. The number of carbonyl (C=O) groups is 2. The number of rotatable bonds is 2. The van der Waals surface area contributed by atoms with Crippen LogP contribution in [0.25, 0.3) is 0 Å². The van der Waals surface area contributed by atoms with E-state index in [4.69, 9.17) is 4.74 Å². The van der Waals surface area contributed by atoms with Gasteiger partial charge in [0.2, 0.25) is 5.91 Å². The first kappa shape index (κ1) is 17.2. The number of ether oxygens (including phenoxy) is 1. The molecule has 2 atom stereocenters. The van der Waals surface area contributed by atoms with Crippen molar-refractivity contribution in [2.45, 2.75) is 64.1 Å². The fraction of sp³-hybridized carbons (Fsp3) is 0.857. The van der Waals surface area contributed by atoms with Gasteiger partial charge in [0.25, 0.3) is 0 Å². The summed E-state index contributed by atoms with van der Waals surface area (Å²) >= 11 is 0. The van der Waals surface area contributed by atoms with Crippen LogP contribution in [0.15, 0.2) is 0 Å². The van der Waals surface area contributed by atoms with E-state index in [0.717, 1.165) is 25.8 Å². The third-order valence-corrected chi connectivity index (χ3v) is 3.57. The maximum Gasteiger partial charge on any atom is 0.329 e. The SMILES string of the molecule is CC(C)(C)OC(=O)[C@@H]1CCCN1C(=O)C1CCCN1.Cl. The summed E-state index contributed by atoms with van der Waals surface area (Å²) in [4.78, 5) is 26.2. The molecule has 2 heterocycles. The van der Waals surface area contributed by atoms with Crippen molar-refractivity contribution in [2.75, 3.05) is 13.1 Å². The van der Waals surface area contributed by atoms with Gasteiger partial charge >= 0.3 is 5.97 Å². The van der Waals surface area contributed by atoms with Crippen LogP contribution in [0.5, 0.6) is 0 Å². The van der Waals surface area contributed by atoms with Gasteiger partial charge in [0, 0.05) is 6.54 Å². The Morgan fingerprint density at radius 1 is 1.20 bits per heavy atom. The molecule has 116 valence electrons. The highest BCUT2D eigenvalue weighted by atomic mass is 35.5. The summed E-state index contributed by atoms with van der Waals surface area (Å²) < 4.78 is 5.41. The Kier molecular flexibility index (Phi) is 5.83. The topological polar surface area (TPSA) is 58.6 Å². The molecule has 6 heteroatoms. The Morgan fingerprint density at radius 3 is 2.45 bits per heavy atom. The van der Waals surface area contributed by atoms with Crippen LogP contribution in [0, 0.1) is 0 Å². The van der Waals surface area contributed by atoms with E-state index >= 15 is 0 Å². The van der Waals surface area contributed by atoms with Gasteiger partial charge in [-0.05, 0) is 53.0 Å². The first-order valence-corrected chi connectivity index (χ1v) is 7.15. The van der Waals surface area contributed by atoms with Crippen LogP contribution in [-0.4, -0.2) is 47.6 Å². The summed E-state index contributed by atoms with van der Waals surface area (Å²) in [7, 11) is 0. The van der Waals surface area contributed by atoms with Gasteiger partial charge in [0.05, 0.1) is 6.04 Å². The molecule has 0 spiro atoms. The molecule has 0 aromatic rings. The minimum Gasteiger partial charge on any atom is -0.458 e. The van der Waals surface area contributed by atoms with Crippen LogP contribution in [0.3, 0.4) is 0 Å². The summed E-state index contributed by atoms with van der Waals surface area (Å²) in [5.74, 6) is -0.206. The van der Waals surface area contributed by atoms with Crippen molar-refractivity contribution in [2.24, 2.45) is 0 Å². The Morgan fingerprint density at radius 2 is 1.90 bits per heavy atom. The molecule has 0 aromatic heterocycles. The van der Waals surface area contributed by atoms with Crippen LogP contribution < -0.4 is 5.32 Å². The summed E-state index contributed by atoms with van der Waals surface area (Å²) in [6.45, 7) is 7.11. The molecule has 20 heavy (non-hydrogen) atoms. The molecule has 0 bridgehead atoms. The molecule has 0 aromatic carbocycles. The Hall–Kier alpha value is -0.810. The minimum atomic E-state index is -0.500. The Balaban J connectivity index is 0.00000200. The third-order valence-electron chi connectivity index (χ3n) is 3.57. The molecule has 0 aliphatic carbocycles. The van der Waals surface area contributed by atoms with Gasteiger partial charge in [0.15, 0.2) is 0 Å². The number of amides is 1. The van der Waals surface area contributed by atoms with Crippen LogP contribution in [0.1, 0.15) is 46.5 Å². The molecule has 2 saturated heterocycles. The van der Waals surface area contributed by atoms with Crippen LogP contribution in [0.2, 0.25) is 0 Å². The molecule has 2 fully saturated rings. The maximum atomic E-state index is 12.4. The average molecular weight is 305 g/mol. The molecule has 2 rings (SSSR count). The van der Waals surface area contributed by atoms with E-state index in [1.807, 2.05) is 20.8 Å². The fourth-order valence-corrected chi connectivity index (χ4v) is 2.74. The van der Waals surface area contributed by atoms with Gasteiger partial charge in [-0.15, -0.1) is 12.4 Å². The monoisotopic (exact) mass is 304 g/mol. The number of esters is 1. The number of hydrogen-bond acceptors (Lipinski definition) is 4.